The van der Waals surface area contributed by atoms with Crippen LogP contribution in [0.5, 0.6) is 5.75 Å². The van der Waals surface area contributed by atoms with Crippen LogP contribution in [0.2, 0.25) is 0 Å². The summed E-state index contributed by atoms with van der Waals surface area (Å²) >= 11 is 0. The Morgan fingerprint density at radius 1 is 1.38 bits per heavy atom. The van der Waals surface area contributed by atoms with E-state index in [2.05, 4.69) is 10.6 Å². The van der Waals surface area contributed by atoms with Crippen LogP contribution in [0.15, 0.2) is 18.2 Å². The first-order chi connectivity index (χ1) is 10.1. The molecule has 3 rings (SSSR count). The Hall–Kier alpha value is -2.08. The maximum Gasteiger partial charge on any atom is 0.325 e. The van der Waals surface area contributed by atoms with Gasteiger partial charge in [0.2, 0.25) is 0 Å². The molecule has 0 saturated carbocycles. The first kappa shape index (κ1) is 13.9. The zero-order chi connectivity index (χ0) is 15.0. The smallest absolute Gasteiger partial charge is 0.325 e. The predicted molar refractivity (Wildman–Crippen MR) is 77.0 cm³/mol. The van der Waals surface area contributed by atoms with E-state index in [9.17, 15) is 9.59 Å². The number of rotatable bonds is 3. The molecule has 112 valence electrons. The second-order valence-electron chi connectivity index (χ2n) is 5.65. The first-order valence-electron chi connectivity index (χ1n) is 7.04. The van der Waals surface area contributed by atoms with Crippen LogP contribution in [0.25, 0.3) is 0 Å². The Bertz CT molecular complexity index is 594. The van der Waals surface area contributed by atoms with Gasteiger partial charge in [-0.25, -0.2) is 4.79 Å². The quantitative estimate of drug-likeness (QED) is 0.807. The minimum atomic E-state index is -0.756. The lowest BCUT2D eigenvalue weighted by molar-refractivity contribution is -0.131. The zero-order valence-corrected chi connectivity index (χ0v) is 12.2. The van der Waals surface area contributed by atoms with Gasteiger partial charge in [-0.15, -0.1) is 0 Å². The summed E-state index contributed by atoms with van der Waals surface area (Å²) in [6.07, 6.45) is 0.638. The van der Waals surface area contributed by atoms with E-state index >= 15 is 0 Å². The largest absolute Gasteiger partial charge is 0.496 e. The highest BCUT2D eigenvalue weighted by molar-refractivity contribution is 6.07. The molecule has 0 radical (unpaired) electrons. The van der Waals surface area contributed by atoms with Crippen molar-refractivity contribution in [1.82, 2.24) is 15.5 Å². The Morgan fingerprint density at radius 3 is 2.86 bits per heavy atom. The lowest BCUT2D eigenvalue weighted by atomic mass is 9.99. The molecule has 2 fully saturated rings. The third kappa shape index (κ3) is 2.25. The molecule has 2 aliphatic heterocycles. The van der Waals surface area contributed by atoms with Crippen molar-refractivity contribution in [3.8, 4) is 5.75 Å². The van der Waals surface area contributed by atoms with Crippen LogP contribution in [-0.4, -0.2) is 42.6 Å². The number of methoxy groups -OCH3 is 1. The number of urea groups is 1. The standard InChI is InChI=1S/C15H19N3O3/c1-10-3-4-12(21-2)11(7-10)8-18-13(19)15(17-14(18)20)5-6-16-9-15/h3-4,7,16H,5-6,8-9H2,1-2H3,(H,17,20). The van der Waals surface area contributed by atoms with Crippen LogP contribution in [0.4, 0.5) is 4.79 Å². The van der Waals surface area contributed by atoms with Crippen molar-refractivity contribution < 1.29 is 14.3 Å². The molecule has 2 heterocycles. The molecule has 2 aliphatic rings. The van der Waals surface area contributed by atoms with Gasteiger partial charge in [0.1, 0.15) is 11.3 Å². The molecule has 1 atom stereocenters. The monoisotopic (exact) mass is 289 g/mol. The minimum Gasteiger partial charge on any atom is -0.496 e. The topological polar surface area (TPSA) is 70.7 Å². The van der Waals surface area contributed by atoms with E-state index in [-0.39, 0.29) is 18.5 Å². The van der Waals surface area contributed by atoms with Crippen molar-refractivity contribution in [2.45, 2.75) is 25.4 Å². The number of benzene rings is 1. The fourth-order valence-corrected chi connectivity index (χ4v) is 3.00. The summed E-state index contributed by atoms with van der Waals surface area (Å²) in [7, 11) is 1.59. The highest BCUT2D eigenvalue weighted by atomic mass is 16.5. The number of nitrogens with one attached hydrogen (secondary N) is 2. The van der Waals surface area contributed by atoms with E-state index in [0.29, 0.717) is 18.7 Å². The second kappa shape index (κ2) is 5.04. The van der Waals surface area contributed by atoms with E-state index in [1.807, 2.05) is 25.1 Å². The van der Waals surface area contributed by atoms with E-state index in [1.54, 1.807) is 7.11 Å². The van der Waals surface area contributed by atoms with Gasteiger partial charge in [-0.05, 0) is 26.0 Å². The molecule has 21 heavy (non-hydrogen) atoms. The predicted octanol–water partition coefficient (Wildman–Crippen LogP) is 0.788. The molecule has 1 unspecified atom stereocenters. The number of aryl methyl sites for hydroxylation is 1. The highest BCUT2D eigenvalue weighted by Crippen LogP contribution is 2.28. The Kier molecular flexibility index (Phi) is 3.33. The third-order valence-corrected chi connectivity index (χ3v) is 4.17. The van der Waals surface area contributed by atoms with Gasteiger partial charge in [-0.2, -0.15) is 0 Å². The second-order valence-corrected chi connectivity index (χ2v) is 5.65. The summed E-state index contributed by atoms with van der Waals surface area (Å²) in [5.41, 5.74) is 1.15. The van der Waals surface area contributed by atoms with Gasteiger partial charge >= 0.3 is 6.03 Å². The van der Waals surface area contributed by atoms with E-state index in [4.69, 9.17) is 4.74 Å². The Morgan fingerprint density at radius 2 is 2.19 bits per heavy atom. The van der Waals surface area contributed by atoms with Crippen LogP contribution in [0.1, 0.15) is 17.5 Å². The van der Waals surface area contributed by atoms with Crippen LogP contribution >= 0.6 is 0 Å². The fourth-order valence-electron chi connectivity index (χ4n) is 3.00. The summed E-state index contributed by atoms with van der Waals surface area (Å²) in [6.45, 7) is 3.45. The summed E-state index contributed by atoms with van der Waals surface area (Å²) in [5.74, 6) is 0.535. The van der Waals surface area contributed by atoms with E-state index in [0.717, 1.165) is 17.7 Å². The average Bonchev–Trinajstić information content (AvgIpc) is 3.01. The minimum absolute atomic E-state index is 0.152. The van der Waals surface area contributed by atoms with Crippen LogP contribution in [-0.2, 0) is 11.3 Å². The molecule has 3 amide bonds. The Labute approximate surface area is 123 Å². The molecule has 1 spiro atoms. The number of ether oxygens (including phenoxy) is 1. The molecule has 0 bridgehead atoms. The number of carbonyl (C=O) groups excluding carboxylic acids is 2. The SMILES string of the molecule is COc1ccc(C)cc1CN1C(=O)NC2(CCNC2)C1=O. The van der Waals surface area contributed by atoms with Gasteiger partial charge in [-0.3, -0.25) is 9.69 Å². The summed E-state index contributed by atoms with van der Waals surface area (Å²) in [5, 5.41) is 5.97. The maximum absolute atomic E-state index is 12.6. The summed E-state index contributed by atoms with van der Waals surface area (Å²) < 4.78 is 5.32. The van der Waals surface area contributed by atoms with Crippen molar-refractivity contribution >= 4 is 11.9 Å². The highest BCUT2D eigenvalue weighted by Gasteiger charge is 2.52. The van der Waals surface area contributed by atoms with Gasteiger partial charge in [-0.1, -0.05) is 17.7 Å². The number of carbonyl (C=O) groups is 2. The number of amides is 3. The molecule has 2 saturated heterocycles. The molecular formula is C15H19N3O3. The Balaban J connectivity index is 1.86. The summed E-state index contributed by atoms with van der Waals surface area (Å²) in [4.78, 5) is 26.0. The molecular weight excluding hydrogens is 270 g/mol. The van der Waals surface area contributed by atoms with Crippen molar-refractivity contribution in [3.63, 3.8) is 0 Å². The normalized spacial score (nSPS) is 24.8. The number of hydrogen-bond acceptors (Lipinski definition) is 4. The van der Waals surface area contributed by atoms with Crippen molar-refractivity contribution in [3.05, 3.63) is 29.3 Å². The molecule has 0 aromatic heterocycles. The van der Waals surface area contributed by atoms with Gasteiger partial charge in [0, 0.05) is 12.1 Å². The molecule has 1 aromatic carbocycles. The number of nitrogens with zero attached hydrogens (tertiary/aromatic N) is 1. The third-order valence-electron chi connectivity index (χ3n) is 4.17. The summed E-state index contributed by atoms with van der Waals surface area (Å²) in [6, 6.07) is 5.41. The molecule has 0 aliphatic carbocycles. The van der Waals surface area contributed by atoms with E-state index in [1.165, 1.54) is 4.90 Å². The lowest BCUT2D eigenvalue weighted by Gasteiger charge is -2.20. The van der Waals surface area contributed by atoms with Gasteiger partial charge in [0.25, 0.3) is 5.91 Å². The van der Waals surface area contributed by atoms with Gasteiger partial charge in [0.15, 0.2) is 0 Å². The van der Waals surface area contributed by atoms with Crippen molar-refractivity contribution in [2.24, 2.45) is 0 Å². The van der Waals surface area contributed by atoms with Gasteiger partial charge in [0.05, 0.1) is 13.7 Å². The average molecular weight is 289 g/mol. The van der Waals surface area contributed by atoms with Gasteiger partial charge < -0.3 is 15.4 Å². The number of hydrogen-bond donors (Lipinski definition) is 2. The van der Waals surface area contributed by atoms with Crippen LogP contribution in [0.3, 0.4) is 0 Å². The molecule has 2 N–H and O–H groups in total. The molecule has 6 heteroatoms. The molecule has 6 nitrogen and oxygen atoms in total. The molecule has 1 aromatic rings. The van der Waals surface area contributed by atoms with E-state index < -0.39 is 5.54 Å². The van der Waals surface area contributed by atoms with Crippen LogP contribution in [0, 0.1) is 6.92 Å². The van der Waals surface area contributed by atoms with Crippen LogP contribution < -0.4 is 15.4 Å². The first-order valence-corrected chi connectivity index (χ1v) is 7.04. The maximum atomic E-state index is 12.6. The van der Waals surface area contributed by atoms with Crippen molar-refractivity contribution in [2.75, 3.05) is 20.2 Å². The lowest BCUT2D eigenvalue weighted by Crippen LogP contribution is -2.48. The fraction of sp³-hybridized carbons (Fsp3) is 0.467. The number of imide groups is 1. The van der Waals surface area contributed by atoms with Crippen molar-refractivity contribution in [1.29, 1.82) is 0 Å². The zero-order valence-electron chi connectivity index (χ0n) is 12.2.